The monoisotopic (exact) mass is 233 g/mol. The molecule has 0 spiro atoms. The Kier molecular flexibility index (Phi) is 3.35. The average Bonchev–Trinajstić information content (AvgIpc) is 2.14. The highest BCUT2D eigenvalue weighted by molar-refractivity contribution is 7.80. The molecule has 0 saturated carbocycles. The van der Waals surface area contributed by atoms with E-state index in [1.54, 1.807) is 0 Å². The summed E-state index contributed by atoms with van der Waals surface area (Å²) in [6, 6.07) is 5.35. The molecule has 7 nitrogen and oxygen atoms in total. The van der Waals surface area contributed by atoms with Gasteiger partial charge in [0.15, 0.2) is 0 Å². The van der Waals surface area contributed by atoms with Crippen LogP contribution in [0.3, 0.4) is 0 Å². The minimum atomic E-state index is -4.76. The van der Waals surface area contributed by atoms with Crippen LogP contribution in [0.15, 0.2) is 24.3 Å². The van der Waals surface area contributed by atoms with Crippen molar-refractivity contribution in [3.05, 3.63) is 34.7 Å². The van der Waals surface area contributed by atoms with E-state index in [0.29, 0.717) is 0 Å². The van der Waals surface area contributed by atoms with Crippen molar-refractivity contribution in [1.82, 2.24) is 0 Å². The number of benzene rings is 1. The molecule has 0 aliphatic heterocycles. The van der Waals surface area contributed by atoms with Crippen LogP contribution in [0.25, 0.3) is 0 Å². The molecule has 15 heavy (non-hydrogen) atoms. The molecule has 0 unspecified atom stereocenters. The molecule has 0 aliphatic carbocycles. The summed E-state index contributed by atoms with van der Waals surface area (Å²) in [4.78, 5) is 10.1. The van der Waals surface area contributed by atoms with E-state index < -0.39 is 17.0 Å². The van der Waals surface area contributed by atoms with Gasteiger partial charge in [-0.15, -0.1) is 0 Å². The normalized spacial score (nSPS) is 11.3. The van der Waals surface area contributed by atoms with Crippen molar-refractivity contribution in [1.29, 1.82) is 0 Å². The molecule has 0 amide bonds. The number of rotatable bonds is 4. The SMILES string of the molecule is O=[N+](O)c1cccc(COS(=O)(=O)[O-])c1. The zero-order valence-electron chi connectivity index (χ0n) is 7.36. The second kappa shape index (κ2) is 4.34. The summed E-state index contributed by atoms with van der Waals surface area (Å²) in [7, 11) is -4.76. The van der Waals surface area contributed by atoms with Crippen LogP contribution < -0.4 is 0 Å². The van der Waals surface area contributed by atoms with E-state index in [0.717, 1.165) is 0 Å². The van der Waals surface area contributed by atoms with Crippen LogP contribution in [0.4, 0.5) is 5.69 Å². The van der Waals surface area contributed by atoms with Gasteiger partial charge in [0.25, 0.3) is 4.92 Å². The van der Waals surface area contributed by atoms with E-state index in [9.17, 15) is 17.9 Å². The topological polar surface area (TPSA) is 107 Å². The predicted octanol–water partition coefficient (Wildman–Crippen LogP) is 0.463. The van der Waals surface area contributed by atoms with Gasteiger partial charge in [-0.1, -0.05) is 12.1 Å². The van der Waals surface area contributed by atoms with Crippen molar-refractivity contribution in [3.8, 4) is 0 Å². The second-order valence-electron chi connectivity index (χ2n) is 2.61. The summed E-state index contributed by atoms with van der Waals surface area (Å²) in [5, 5.41) is 8.53. The van der Waals surface area contributed by atoms with Gasteiger partial charge in [-0.05, 0) is 5.56 Å². The lowest BCUT2D eigenvalue weighted by Gasteiger charge is -2.06. The van der Waals surface area contributed by atoms with Gasteiger partial charge in [0.05, 0.1) is 11.5 Å². The molecular weight excluding hydrogens is 226 g/mol. The molecule has 8 heteroatoms. The zero-order valence-corrected chi connectivity index (χ0v) is 8.18. The summed E-state index contributed by atoms with van der Waals surface area (Å²) in [5.74, 6) is 0. The highest BCUT2D eigenvalue weighted by Gasteiger charge is 2.11. The van der Waals surface area contributed by atoms with E-state index in [2.05, 4.69) is 4.18 Å². The van der Waals surface area contributed by atoms with Crippen molar-refractivity contribution in [2.24, 2.45) is 0 Å². The van der Waals surface area contributed by atoms with E-state index in [4.69, 9.17) is 5.21 Å². The predicted molar refractivity (Wildman–Crippen MR) is 46.0 cm³/mol. The maximum Gasteiger partial charge on any atom is 0.316 e. The molecule has 0 radical (unpaired) electrons. The Morgan fingerprint density at radius 1 is 1.47 bits per heavy atom. The van der Waals surface area contributed by atoms with Gasteiger partial charge < -0.3 is 4.55 Å². The standard InChI is InChI=1S/C7H7NO6S/c9-8(10)7-3-1-2-6(4-7)5-14-15(11,12)13/h1-4H,5H2,(H-,9,10,11,12,13). The summed E-state index contributed by atoms with van der Waals surface area (Å²) < 4.78 is 34.3. The Labute approximate surface area is 85.4 Å². The van der Waals surface area contributed by atoms with Crippen LogP contribution in [-0.4, -0.2) is 23.1 Å². The first-order chi connectivity index (χ1) is 6.88. The van der Waals surface area contributed by atoms with Crippen molar-refractivity contribution < 1.29 is 27.3 Å². The number of nitrogens with zero attached hydrogens (tertiary/aromatic N) is 1. The highest BCUT2D eigenvalue weighted by Crippen LogP contribution is 2.13. The molecular formula is C7H7NO6S. The molecule has 0 aliphatic rings. The van der Waals surface area contributed by atoms with Gasteiger partial charge >= 0.3 is 5.69 Å². The van der Waals surface area contributed by atoms with Crippen LogP contribution >= 0.6 is 0 Å². The molecule has 0 bridgehead atoms. The zero-order chi connectivity index (χ0) is 11.5. The molecule has 1 aromatic carbocycles. The van der Waals surface area contributed by atoms with Gasteiger partial charge in [0.1, 0.15) is 0 Å². The third-order valence-electron chi connectivity index (χ3n) is 1.50. The first-order valence-electron chi connectivity index (χ1n) is 3.74. The van der Waals surface area contributed by atoms with Crippen LogP contribution in [0.5, 0.6) is 0 Å². The van der Waals surface area contributed by atoms with Crippen LogP contribution in [-0.2, 0) is 21.2 Å². The fourth-order valence-electron chi connectivity index (χ4n) is 0.905. The third kappa shape index (κ3) is 4.02. The van der Waals surface area contributed by atoms with E-state index in [1.807, 2.05) is 0 Å². The summed E-state index contributed by atoms with van der Waals surface area (Å²) in [6.45, 7) is -0.479. The van der Waals surface area contributed by atoms with Gasteiger partial charge in [-0.3, -0.25) is 4.18 Å². The summed E-state index contributed by atoms with van der Waals surface area (Å²) >= 11 is 0. The molecule has 1 aromatic rings. The maximum absolute atomic E-state index is 10.5. The Bertz CT molecular complexity index is 468. The van der Waals surface area contributed by atoms with Crippen molar-refractivity contribution in [2.75, 3.05) is 0 Å². The number of hydrogen-bond donors (Lipinski definition) is 1. The largest absolute Gasteiger partial charge is 0.726 e. The van der Waals surface area contributed by atoms with E-state index in [-0.39, 0.29) is 16.2 Å². The number of hydrogen-bond acceptors (Lipinski definition) is 5. The van der Waals surface area contributed by atoms with Crippen LogP contribution in [0.1, 0.15) is 5.56 Å². The Balaban J connectivity index is 2.79. The molecule has 0 fully saturated rings. The van der Waals surface area contributed by atoms with Crippen molar-refractivity contribution >= 4 is 16.1 Å². The van der Waals surface area contributed by atoms with Crippen LogP contribution in [0.2, 0.25) is 0 Å². The molecule has 0 saturated heterocycles. The molecule has 0 aromatic heterocycles. The fraction of sp³-hybridized carbons (Fsp3) is 0.143. The highest BCUT2D eigenvalue weighted by atomic mass is 32.3. The second-order valence-corrected chi connectivity index (χ2v) is 3.67. The van der Waals surface area contributed by atoms with Crippen LogP contribution in [0, 0.1) is 4.91 Å². The first kappa shape index (κ1) is 11.6. The van der Waals surface area contributed by atoms with E-state index >= 15 is 0 Å². The molecule has 0 heterocycles. The van der Waals surface area contributed by atoms with E-state index in [1.165, 1.54) is 24.3 Å². The minimum absolute atomic E-state index is 0.0839. The van der Waals surface area contributed by atoms with Crippen molar-refractivity contribution in [3.63, 3.8) is 0 Å². The van der Waals surface area contributed by atoms with Gasteiger partial charge in [0.2, 0.25) is 10.4 Å². The van der Waals surface area contributed by atoms with Gasteiger partial charge in [-0.25, -0.2) is 13.6 Å². The summed E-state index contributed by atoms with van der Waals surface area (Å²) in [6.07, 6.45) is 0. The minimum Gasteiger partial charge on any atom is -0.726 e. The Hall–Kier alpha value is -1.51. The Morgan fingerprint density at radius 3 is 2.67 bits per heavy atom. The Morgan fingerprint density at radius 2 is 2.13 bits per heavy atom. The quantitative estimate of drug-likeness (QED) is 0.460. The average molecular weight is 233 g/mol. The smallest absolute Gasteiger partial charge is 0.316 e. The third-order valence-corrected chi connectivity index (χ3v) is 1.91. The fourth-order valence-corrected chi connectivity index (χ4v) is 1.19. The van der Waals surface area contributed by atoms with Crippen molar-refractivity contribution in [2.45, 2.75) is 6.61 Å². The molecule has 0 atom stereocenters. The van der Waals surface area contributed by atoms with Gasteiger partial charge in [0, 0.05) is 12.1 Å². The lowest BCUT2D eigenvalue weighted by Crippen LogP contribution is -2.04. The molecule has 1 N–H and O–H groups in total. The molecule has 1 rings (SSSR count). The van der Waals surface area contributed by atoms with Gasteiger partial charge in [-0.2, -0.15) is 0 Å². The summed E-state index contributed by atoms with van der Waals surface area (Å²) in [5.41, 5.74) is 0.196. The lowest BCUT2D eigenvalue weighted by atomic mass is 10.2. The lowest BCUT2D eigenvalue weighted by molar-refractivity contribution is -0.729. The molecule has 82 valence electrons. The maximum atomic E-state index is 10.5. The first-order valence-corrected chi connectivity index (χ1v) is 5.07.